The van der Waals surface area contributed by atoms with Crippen molar-refractivity contribution in [1.82, 2.24) is 0 Å². The number of ketones is 1. The summed E-state index contributed by atoms with van der Waals surface area (Å²) in [7, 11) is 0. The van der Waals surface area contributed by atoms with Crippen molar-refractivity contribution in [3.63, 3.8) is 0 Å². The molecule has 0 bridgehead atoms. The van der Waals surface area contributed by atoms with Gasteiger partial charge in [-0.05, 0) is 25.0 Å². The zero-order chi connectivity index (χ0) is 13.1. The number of rotatable bonds is 4. The summed E-state index contributed by atoms with van der Waals surface area (Å²) in [6.45, 7) is 1.69. The Labute approximate surface area is 97.6 Å². The number of halogens is 3. The van der Waals surface area contributed by atoms with Crippen LogP contribution in [-0.2, 0) is 0 Å². The van der Waals surface area contributed by atoms with E-state index >= 15 is 0 Å². The van der Waals surface area contributed by atoms with Gasteiger partial charge in [0, 0.05) is 24.1 Å². The van der Waals surface area contributed by atoms with Gasteiger partial charge < -0.3 is 5.73 Å². The van der Waals surface area contributed by atoms with Crippen LogP contribution in [0.25, 0.3) is 0 Å². The van der Waals surface area contributed by atoms with Gasteiger partial charge in [0.05, 0.1) is 0 Å². The molecule has 0 unspecified atom stereocenters. The van der Waals surface area contributed by atoms with Crippen molar-refractivity contribution >= 4 is 11.5 Å². The van der Waals surface area contributed by atoms with Crippen LogP contribution >= 0.6 is 0 Å². The molecule has 0 aromatic heterocycles. The van der Waals surface area contributed by atoms with Gasteiger partial charge in [0.25, 0.3) is 0 Å². The summed E-state index contributed by atoms with van der Waals surface area (Å²) in [6, 6.07) is 4.86. The van der Waals surface area contributed by atoms with Crippen LogP contribution in [0.15, 0.2) is 18.2 Å². The first-order valence-corrected chi connectivity index (χ1v) is 5.26. The number of Topliss-reactive ketones (excluding diaryl/α,β-unsaturated/α-hetero) is 1. The number of anilines is 1. The molecule has 0 aliphatic heterocycles. The van der Waals surface area contributed by atoms with Gasteiger partial charge in [-0.1, -0.05) is 12.1 Å². The molecule has 17 heavy (non-hydrogen) atoms. The molecule has 0 amide bonds. The van der Waals surface area contributed by atoms with E-state index in [0.29, 0.717) is 16.8 Å². The molecule has 5 heteroatoms. The third-order valence-corrected chi connectivity index (χ3v) is 2.54. The van der Waals surface area contributed by atoms with Crippen molar-refractivity contribution < 1.29 is 18.0 Å². The maximum Gasteiger partial charge on any atom is 0.389 e. The number of carbonyl (C=O) groups excluding carboxylic acids is 1. The Morgan fingerprint density at radius 3 is 2.59 bits per heavy atom. The minimum Gasteiger partial charge on any atom is -0.398 e. The highest BCUT2D eigenvalue weighted by Crippen LogP contribution is 2.24. The topological polar surface area (TPSA) is 43.1 Å². The van der Waals surface area contributed by atoms with Gasteiger partial charge >= 0.3 is 6.18 Å². The highest BCUT2D eigenvalue weighted by Gasteiger charge is 2.26. The number of carbonyl (C=O) groups is 1. The first-order valence-electron chi connectivity index (χ1n) is 5.26. The Kier molecular flexibility index (Phi) is 4.15. The molecule has 1 aromatic rings. The summed E-state index contributed by atoms with van der Waals surface area (Å²) < 4.78 is 35.8. The van der Waals surface area contributed by atoms with E-state index in [1.807, 2.05) is 0 Å². The summed E-state index contributed by atoms with van der Waals surface area (Å²) in [4.78, 5) is 11.7. The van der Waals surface area contributed by atoms with Crippen molar-refractivity contribution in [3.8, 4) is 0 Å². The van der Waals surface area contributed by atoms with Gasteiger partial charge in [0.2, 0.25) is 0 Å². The molecule has 0 heterocycles. The Balaban J connectivity index is 2.62. The minimum atomic E-state index is -4.20. The second-order valence-electron chi connectivity index (χ2n) is 3.91. The number of nitrogen functional groups attached to an aromatic ring is 1. The molecule has 0 atom stereocenters. The number of benzene rings is 1. The van der Waals surface area contributed by atoms with Gasteiger partial charge in [-0.2, -0.15) is 13.2 Å². The van der Waals surface area contributed by atoms with E-state index in [1.165, 1.54) is 0 Å². The quantitative estimate of drug-likeness (QED) is 0.651. The van der Waals surface area contributed by atoms with Crippen LogP contribution in [0.3, 0.4) is 0 Å². The summed E-state index contributed by atoms with van der Waals surface area (Å²) in [5, 5.41) is 0. The maximum absolute atomic E-state index is 11.9. The summed E-state index contributed by atoms with van der Waals surface area (Å²) >= 11 is 0. The molecule has 94 valence electrons. The lowest BCUT2D eigenvalue weighted by Crippen LogP contribution is -2.09. The lowest BCUT2D eigenvalue weighted by Gasteiger charge is -2.08. The van der Waals surface area contributed by atoms with E-state index in [0.717, 1.165) is 0 Å². The Bertz CT molecular complexity index is 413. The molecule has 0 spiro atoms. The Morgan fingerprint density at radius 1 is 1.35 bits per heavy atom. The summed E-state index contributed by atoms with van der Waals surface area (Å²) in [5.74, 6) is -0.293. The van der Waals surface area contributed by atoms with Crippen molar-refractivity contribution in [1.29, 1.82) is 0 Å². The molecule has 2 nitrogen and oxygen atoms in total. The molecule has 0 saturated carbocycles. The van der Waals surface area contributed by atoms with Crippen molar-refractivity contribution in [2.45, 2.75) is 32.4 Å². The molecule has 0 fully saturated rings. The number of hydrogen-bond acceptors (Lipinski definition) is 2. The largest absolute Gasteiger partial charge is 0.398 e. The summed E-state index contributed by atoms with van der Waals surface area (Å²) in [6.07, 6.45) is -5.43. The number of nitrogens with two attached hydrogens (primary N) is 1. The molecule has 0 aliphatic carbocycles. The van der Waals surface area contributed by atoms with Crippen LogP contribution in [0.1, 0.15) is 35.2 Å². The van der Waals surface area contributed by atoms with Gasteiger partial charge in [-0.15, -0.1) is 0 Å². The van der Waals surface area contributed by atoms with E-state index in [-0.39, 0.29) is 18.6 Å². The predicted molar refractivity (Wildman–Crippen MR) is 59.8 cm³/mol. The summed E-state index contributed by atoms with van der Waals surface area (Å²) in [5.41, 5.74) is 7.14. The first-order chi connectivity index (χ1) is 7.81. The SMILES string of the molecule is Cc1c(N)cccc1C(=O)CCCC(F)(F)F. The second kappa shape index (κ2) is 5.21. The zero-order valence-corrected chi connectivity index (χ0v) is 9.47. The molecular formula is C12H14F3NO. The lowest BCUT2D eigenvalue weighted by atomic mass is 9.99. The third kappa shape index (κ3) is 4.09. The Hall–Kier alpha value is -1.52. The normalized spacial score (nSPS) is 11.5. The number of alkyl halides is 3. The molecule has 1 rings (SSSR count). The van der Waals surface area contributed by atoms with Crippen LogP contribution in [0.5, 0.6) is 0 Å². The lowest BCUT2D eigenvalue weighted by molar-refractivity contribution is -0.135. The molecule has 0 aliphatic rings. The van der Waals surface area contributed by atoms with Gasteiger partial charge in [-0.25, -0.2) is 0 Å². The average Bonchev–Trinajstić information content (AvgIpc) is 2.20. The van der Waals surface area contributed by atoms with Crippen LogP contribution in [0, 0.1) is 6.92 Å². The van der Waals surface area contributed by atoms with Gasteiger partial charge in [0.1, 0.15) is 0 Å². The van der Waals surface area contributed by atoms with E-state index in [9.17, 15) is 18.0 Å². The monoisotopic (exact) mass is 245 g/mol. The molecule has 0 saturated heterocycles. The second-order valence-corrected chi connectivity index (χ2v) is 3.91. The van der Waals surface area contributed by atoms with Crippen LogP contribution in [0.4, 0.5) is 18.9 Å². The highest BCUT2D eigenvalue weighted by atomic mass is 19.4. The van der Waals surface area contributed by atoms with Crippen LogP contribution in [0.2, 0.25) is 0 Å². The van der Waals surface area contributed by atoms with E-state index in [4.69, 9.17) is 5.73 Å². The number of hydrogen-bond donors (Lipinski definition) is 1. The van der Waals surface area contributed by atoms with Crippen molar-refractivity contribution in [2.24, 2.45) is 0 Å². The molecular weight excluding hydrogens is 231 g/mol. The van der Waals surface area contributed by atoms with Crippen molar-refractivity contribution in [2.75, 3.05) is 5.73 Å². The predicted octanol–water partition coefficient (Wildman–Crippen LogP) is 3.49. The smallest absolute Gasteiger partial charge is 0.389 e. The van der Waals surface area contributed by atoms with Crippen LogP contribution < -0.4 is 5.73 Å². The first kappa shape index (κ1) is 13.5. The molecule has 0 radical (unpaired) electrons. The maximum atomic E-state index is 11.9. The minimum absolute atomic E-state index is 0.107. The molecule has 2 N–H and O–H groups in total. The fourth-order valence-electron chi connectivity index (χ4n) is 1.54. The fraction of sp³-hybridized carbons (Fsp3) is 0.417. The van der Waals surface area contributed by atoms with Gasteiger partial charge in [-0.3, -0.25) is 4.79 Å². The van der Waals surface area contributed by atoms with E-state index in [1.54, 1.807) is 25.1 Å². The third-order valence-electron chi connectivity index (χ3n) is 2.54. The van der Waals surface area contributed by atoms with E-state index in [2.05, 4.69) is 0 Å². The van der Waals surface area contributed by atoms with Gasteiger partial charge in [0.15, 0.2) is 5.78 Å². The van der Waals surface area contributed by atoms with Crippen LogP contribution in [-0.4, -0.2) is 12.0 Å². The standard InChI is InChI=1S/C12H14F3NO/c1-8-9(4-2-5-10(8)16)11(17)6-3-7-12(13,14)15/h2,4-5H,3,6-7,16H2,1H3. The fourth-order valence-corrected chi connectivity index (χ4v) is 1.54. The van der Waals surface area contributed by atoms with E-state index < -0.39 is 12.6 Å². The molecule has 1 aromatic carbocycles. The average molecular weight is 245 g/mol. The zero-order valence-electron chi connectivity index (χ0n) is 9.47. The van der Waals surface area contributed by atoms with Crippen molar-refractivity contribution in [3.05, 3.63) is 29.3 Å². The highest BCUT2D eigenvalue weighted by molar-refractivity contribution is 5.98. The Morgan fingerprint density at radius 2 is 2.00 bits per heavy atom.